The van der Waals surface area contributed by atoms with E-state index in [9.17, 15) is 0 Å². The number of fused-ring (bicyclic) bond motifs is 8. The van der Waals surface area contributed by atoms with Crippen molar-refractivity contribution >= 4 is 107 Å². The van der Waals surface area contributed by atoms with Gasteiger partial charge in [-0.15, -0.1) is 0 Å². The van der Waals surface area contributed by atoms with Gasteiger partial charge in [-0.3, -0.25) is 0 Å². The van der Waals surface area contributed by atoms with Crippen molar-refractivity contribution < 1.29 is 0 Å². The third-order valence-corrected chi connectivity index (χ3v) is 17.3. The van der Waals surface area contributed by atoms with Gasteiger partial charge in [-0.25, -0.2) is 9.97 Å². The zero-order chi connectivity index (χ0) is 55.6. The van der Waals surface area contributed by atoms with Gasteiger partial charge in [-0.2, -0.15) is 0 Å². The highest BCUT2D eigenvalue weighted by atomic mass is 15.3. The monoisotopic (exact) mass is 1070 g/mol. The van der Waals surface area contributed by atoms with Crippen LogP contribution in [0.2, 0.25) is 0 Å². The van der Waals surface area contributed by atoms with Crippen molar-refractivity contribution in [3.05, 3.63) is 249 Å². The molecule has 0 atom stereocenters. The number of rotatable bonds is 7. The molecular formula is C73H56N10. The van der Waals surface area contributed by atoms with E-state index in [0.717, 1.165) is 152 Å². The summed E-state index contributed by atoms with van der Waals surface area (Å²) in [4.78, 5) is 25.0. The van der Waals surface area contributed by atoms with Crippen LogP contribution >= 0.6 is 0 Å². The summed E-state index contributed by atoms with van der Waals surface area (Å²) >= 11 is 0. The van der Waals surface area contributed by atoms with Crippen LogP contribution in [0.4, 0.5) is 85.3 Å². The van der Waals surface area contributed by atoms with Gasteiger partial charge in [-0.05, 0) is 120 Å². The van der Waals surface area contributed by atoms with Gasteiger partial charge in [0.05, 0.1) is 107 Å². The third kappa shape index (κ3) is 7.22. The number of hydrogen-bond acceptors (Lipinski definition) is 8. The quantitative estimate of drug-likeness (QED) is 0.156. The first kappa shape index (κ1) is 48.1. The molecule has 5 heterocycles. The zero-order valence-electron chi connectivity index (χ0n) is 46.6. The molecule has 0 bridgehead atoms. The molecule has 3 aliphatic rings. The largest absolute Gasteiger partial charge is 0.341 e. The number of anilines is 15. The van der Waals surface area contributed by atoms with Crippen LogP contribution in [0.5, 0.6) is 0 Å². The van der Waals surface area contributed by atoms with Crippen molar-refractivity contribution in [2.75, 3.05) is 50.5 Å². The van der Waals surface area contributed by atoms with E-state index < -0.39 is 0 Å². The number of imidazole rings is 2. The van der Waals surface area contributed by atoms with Crippen molar-refractivity contribution in [1.82, 2.24) is 19.1 Å². The molecule has 13 aromatic rings. The number of aryl methyl sites for hydroxylation is 2. The first-order valence-electron chi connectivity index (χ1n) is 28.2. The summed E-state index contributed by atoms with van der Waals surface area (Å²) in [5.41, 5.74) is 26.4. The molecule has 0 unspecified atom stereocenters. The fourth-order valence-corrected chi connectivity index (χ4v) is 13.3. The first-order valence-corrected chi connectivity index (χ1v) is 28.2. The smallest absolute Gasteiger partial charge is 0.140 e. The van der Waals surface area contributed by atoms with E-state index in [1.54, 1.807) is 0 Å². The Balaban J connectivity index is 1.09. The Hall–Kier alpha value is -10.8. The van der Waals surface area contributed by atoms with Gasteiger partial charge < -0.3 is 38.5 Å². The minimum absolute atomic E-state index is 0.909. The minimum atomic E-state index is 0.909. The van der Waals surface area contributed by atoms with Crippen LogP contribution in [-0.2, 0) is 14.1 Å². The summed E-state index contributed by atoms with van der Waals surface area (Å²) < 4.78 is 4.40. The van der Waals surface area contributed by atoms with Crippen molar-refractivity contribution in [1.29, 1.82) is 0 Å². The van der Waals surface area contributed by atoms with Gasteiger partial charge in [0.15, 0.2) is 0 Å². The molecule has 10 nitrogen and oxygen atoms in total. The molecule has 0 spiro atoms. The van der Waals surface area contributed by atoms with Gasteiger partial charge in [-0.1, -0.05) is 146 Å². The normalized spacial score (nSPS) is 13.2. The average molecular weight is 1070 g/mol. The second kappa shape index (κ2) is 18.6. The lowest BCUT2D eigenvalue weighted by atomic mass is 9.87. The molecule has 10 heteroatoms. The van der Waals surface area contributed by atoms with Gasteiger partial charge in [0, 0.05) is 51.9 Å². The predicted molar refractivity (Wildman–Crippen MR) is 345 cm³/mol. The van der Waals surface area contributed by atoms with Crippen LogP contribution in [0.25, 0.3) is 67.1 Å². The Labute approximate surface area is 482 Å². The second-order valence-electron chi connectivity index (χ2n) is 21.8. The summed E-state index contributed by atoms with van der Waals surface area (Å²) in [7, 11) is 10.8. The van der Waals surface area contributed by atoms with Crippen LogP contribution in [0.1, 0.15) is 0 Å². The Kier molecular flexibility index (Phi) is 10.8. The molecule has 2 aromatic heterocycles. The number of benzene rings is 11. The van der Waals surface area contributed by atoms with Gasteiger partial charge in [0.1, 0.15) is 11.6 Å². The fourth-order valence-electron chi connectivity index (χ4n) is 13.3. The maximum Gasteiger partial charge on any atom is 0.140 e. The summed E-state index contributed by atoms with van der Waals surface area (Å²) in [6.07, 6.45) is 0. The molecular weight excluding hydrogens is 1020 g/mol. The molecule has 0 amide bonds. The molecule has 0 fully saturated rings. The highest BCUT2D eigenvalue weighted by Crippen LogP contribution is 2.65. The lowest BCUT2D eigenvalue weighted by molar-refractivity contribution is 0.959. The Morgan fingerprint density at radius 3 is 0.904 bits per heavy atom. The standard InChI is InChI=1S/C73H56N10/c1-76-56-26-10-16-32-62(56)81(63-33-17-11-27-57(63)76)68-46-51(47-38-42-49(43-39-47)72-74-52-22-6-8-24-54(52)79(72)4)69(48-40-44-50(45-41-48)73-75-53-23-7-9-25-55(53)80(73)5)71(83-66-36-20-14-30-60(66)78(3)61-31-15-21-37-67(61)83)70(68)82-64-34-18-12-28-58(64)77(2)59-29-13-19-35-65(59)82/h6-46H,1-5H3. The molecule has 0 N–H and O–H groups in total. The van der Waals surface area contributed by atoms with Crippen LogP contribution in [-0.4, -0.2) is 40.2 Å². The van der Waals surface area contributed by atoms with Crippen LogP contribution in [0, 0.1) is 0 Å². The summed E-state index contributed by atoms with van der Waals surface area (Å²) in [5.74, 6) is 1.82. The number of hydrogen-bond donors (Lipinski definition) is 0. The molecule has 3 aliphatic heterocycles. The summed E-state index contributed by atoms with van der Waals surface area (Å²) in [5, 5.41) is 0. The van der Waals surface area contributed by atoms with E-state index in [4.69, 9.17) is 9.97 Å². The highest BCUT2D eigenvalue weighted by molar-refractivity contribution is 6.17. The summed E-state index contributed by atoms with van der Waals surface area (Å²) in [6, 6.07) is 90.6. The van der Waals surface area contributed by atoms with Gasteiger partial charge in [0.2, 0.25) is 0 Å². The molecule has 11 aromatic carbocycles. The molecule has 0 saturated carbocycles. The molecule has 83 heavy (non-hydrogen) atoms. The molecule has 0 aliphatic carbocycles. The predicted octanol–water partition coefficient (Wildman–Crippen LogP) is 18.8. The Bertz CT molecular complexity index is 4600. The van der Waals surface area contributed by atoms with Crippen LogP contribution in [0.3, 0.4) is 0 Å². The van der Waals surface area contributed by atoms with Gasteiger partial charge >= 0.3 is 0 Å². The SMILES string of the molecule is CN1c2ccccc2N(c2cc(-c3ccc(-c4nc5ccccc5n4C)cc3)c(-c3ccc(-c4nc5ccccc5n4C)cc3)c(N3c4ccccc4N(C)c4ccccc43)c2N2c3ccccc3N(C)c3ccccc32)c2ccccc21. The maximum absolute atomic E-state index is 5.20. The van der Waals surface area contributed by atoms with Gasteiger partial charge in [0.25, 0.3) is 0 Å². The number of para-hydroxylation sites is 16. The topological polar surface area (TPSA) is 55.1 Å². The summed E-state index contributed by atoms with van der Waals surface area (Å²) in [6.45, 7) is 0. The van der Waals surface area contributed by atoms with E-state index >= 15 is 0 Å². The lowest BCUT2D eigenvalue weighted by Gasteiger charge is -2.46. The highest BCUT2D eigenvalue weighted by Gasteiger charge is 2.41. The van der Waals surface area contributed by atoms with Crippen molar-refractivity contribution in [3.63, 3.8) is 0 Å². The van der Waals surface area contributed by atoms with E-state index in [-0.39, 0.29) is 0 Å². The number of nitrogens with zero attached hydrogens (tertiary/aromatic N) is 10. The first-order chi connectivity index (χ1) is 40.8. The number of aromatic nitrogens is 4. The van der Waals surface area contributed by atoms with Crippen molar-refractivity contribution in [2.24, 2.45) is 14.1 Å². The van der Waals surface area contributed by atoms with Crippen molar-refractivity contribution in [3.8, 4) is 45.0 Å². The molecule has 398 valence electrons. The fraction of sp³-hybridized carbons (Fsp3) is 0.0685. The molecule has 0 saturated heterocycles. The minimum Gasteiger partial charge on any atom is -0.341 e. The van der Waals surface area contributed by atoms with E-state index in [0.29, 0.717) is 0 Å². The second-order valence-corrected chi connectivity index (χ2v) is 21.8. The Morgan fingerprint density at radius 2 is 0.542 bits per heavy atom. The molecule has 0 radical (unpaired) electrons. The lowest BCUT2D eigenvalue weighted by Crippen LogP contribution is -2.30. The van der Waals surface area contributed by atoms with E-state index in [1.807, 2.05) is 0 Å². The average Bonchev–Trinajstić information content (AvgIpc) is 4.32. The third-order valence-electron chi connectivity index (χ3n) is 17.3. The molecule has 16 rings (SSSR count). The zero-order valence-corrected chi connectivity index (χ0v) is 46.6. The maximum atomic E-state index is 5.20. The van der Waals surface area contributed by atoms with Crippen LogP contribution < -0.4 is 29.4 Å². The Morgan fingerprint density at radius 1 is 0.253 bits per heavy atom. The van der Waals surface area contributed by atoms with E-state index in [1.165, 1.54) is 0 Å². The van der Waals surface area contributed by atoms with E-state index in [2.05, 4.69) is 322 Å². The van der Waals surface area contributed by atoms with Crippen molar-refractivity contribution in [2.45, 2.75) is 0 Å². The van der Waals surface area contributed by atoms with Crippen LogP contribution in [0.15, 0.2) is 249 Å².